The summed E-state index contributed by atoms with van der Waals surface area (Å²) in [5.41, 5.74) is 1.16. The quantitative estimate of drug-likeness (QED) is 0.918. The highest BCUT2D eigenvalue weighted by molar-refractivity contribution is 7.99. The van der Waals surface area contributed by atoms with Gasteiger partial charge in [0.2, 0.25) is 12.7 Å². The molecule has 1 aromatic rings. The van der Waals surface area contributed by atoms with Crippen molar-refractivity contribution >= 4 is 17.7 Å². The molecular formula is C17H22N2O3S. The zero-order valence-corrected chi connectivity index (χ0v) is 13.9. The summed E-state index contributed by atoms with van der Waals surface area (Å²) >= 11 is 1.93. The van der Waals surface area contributed by atoms with E-state index >= 15 is 0 Å². The first kappa shape index (κ1) is 15.1. The second kappa shape index (κ2) is 6.61. The fraction of sp³-hybridized carbons (Fsp3) is 0.588. The normalized spacial score (nSPS) is 26.5. The van der Waals surface area contributed by atoms with Crippen molar-refractivity contribution in [3.8, 4) is 11.5 Å². The fourth-order valence-electron chi connectivity index (χ4n) is 3.61. The Labute approximate surface area is 140 Å². The predicted octanol–water partition coefficient (Wildman–Crippen LogP) is 2.17. The van der Waals surface area contributed by atoms with Crippen molar-refractivity contribution in [2.75, 3.05) is 31.4 Å². The number of nitrogens with zero attached hydrogens (tertiary/aromatic N) is 1. The Morgan fingerprint density at radius 1 is 1.35 bits per heavy atom. The summed E-state index contributed by atoms with van der Waals surface area (Å²) in [6.45, 7) is 2.16. The van der Waals surface area contributed by atoms with Crippen molar-refractivity contribution in [3.63, 3.8) is 0 Å². The molecule has 3 aliphatic heterocycles. The lowest BCUT2D eigenvalue weighted by molar-refractivity contribution is -0.132. The lowest BCUT2D eigenvalue weighted by Crippen LogP contribution is -2.42. The van der Waals surface area contributed by atoms with Gasteiger partial charge in [-0.05, 0) is 30.5 Å². The van der Waals surface area contributed by atoms with Gasteiger partial charge < -0.3 is 19.7 Å². The van der Waals surface area contributed by atoms with Gasteiger partial charge in [0.15, 0.2) is 11.5 Å². The smallest absolute Gasteiger partial charge is 0.231 e. The number of fused-ring (bicyclic) bond motifs is 1. The Bertz CT molecular complexity index is 589. The van der Waals surface area contributed by atoms with Crippen LogP contribution < -0.4 is 14.8 Å². The summed E-state index contributed by atoms with van der Waals surface area (Å²) in [5.74, 6) is 4.05. The number of ether oxygens (including phenoxy) is 2. The topological polar surface area (TPSA) is 50.8 Å². The molecule has 0 saturated carbocycles. The molecule has 2 saturated heterocycles. The molecule has 3 aliphatic rings. The Morgan fingerprint density at radius 2 is 2.26 bits per heavy atom. The highest BCUT2D eigenvalue weighted by Crippen LogP contribution is 2.39. The van der Waals surface area contributed by atoms with Crippen molar-refractivity contribution < 1.29 is 14.3 Å². The van der Waals surface area contributed by atoms with Crippen LogP contribution in [0.4, 0.5) is 0 Å². The lowest BCUT2D eigenvalue weighted by Gasteiger charge is -2.29. The Kier molecular flexibility index (Phi) is 4.35. The molecule has 0 bridgehead atoms. The van der Waals surface area contributed by atoms with Gasteiger partial charge in [0.25, 0.3) is 0 Å². The fourth-order valence-corrected chi connectivity index (χ4v) is 4.56. The summed E-state index contributed by atoms with van der Waals surface area (Å²) in [7, 11) is 0. The minimum atomic E-state index is 0.174. The molecule has 2 unspecified atom stereocenters. The number of hydrogen-bond acceptors (Lipinski definition) is 5. The van der Waals surface area contributed by atoms with Crippen LogP contribution in [0.25, 0.3) is 0 Å². The highest BCUT2D eigenvalue weighted by atomic mass is 32.2. The van der Waals surface area contributed by atoms with Crippen LogP contribution in [-0.2, 0) is 4.79 Å². The number of carbonyl (C=O) groups excluding carboxylic acids is 1. The lowest BCUT2D eigenvalue weighted by atomic mass is 10.0. The third kappa shape index (κ3) is 3.15. The zero-order chi connectivity index (χ0) is 15.6. The number of benzene rings is 1. The molecule has 1 amide bonds. The third-order valence-electron chi connectivity index (χ3n) is 4.77. The van der Waals surface area contributed by atoms with Gasteiger partial charge in [-0.3, -0.25) is 4.79 Å². The summed E-state index contributed by atoms with van der Waals surface area (Å²) in [4.78, 5) is 14.8. The Balaban J connectivity index is 1.46. The van der Waals surface area contributed by atoms with Crippen LogP contribution in [0.1, 0.15) is 30.9 Å². The van der Waals surface area contributed by atoms with E-state index in [-0.39, 0.29) is 18.7 Å². The monoisotopic (exact) mass is 334 g/mol. The number of carbonyl (C=O) groups is 1. The molecule has 2 fully saturated rings. The SMILES string of the molecule is O=C(CC1CSCCN1)N1CCCC1c1ccc2c(c1)OCO2. The number of amides is 1. The summed E-state index contributed by atoms with van der Waals surface area (Å²) in [6, 6.07) is 6.55. The van der Waals surface area contributed by atoms with Crippen molar-refractivity contribution in [2.45, 2.75) is 31.3 Å². The van der Waals surface area contributed by atoms with Crippen LogP contribution in [0.15, 0.2) is 18.2 Å². The van der Waals surface area contributed by atoms with Gasteiger partial charge in [-0.15, -0.1) is 0 Å². The van der Waals surface area contributed by atoms with Crippen molar-refractivity contribution in [1.82, 2.24) is 10.2 Å². The van der Waals surface area contributed by atoms with E-state index in [1.54, 1.807) is 0 Å². The maximum atomic E-state index is 12.8. The van der Waals surface area contributed by atoms with E-state index < -0.39 is 0 Å². The standard InChI is InChI=1S/C17H22N2O3S/c20-17(9-13-10-23-7-5-18-13)19-6-1-2-14(19)12-3-4-15-16(8-12)22-11-21-15/h3-4,8,13-14,18H,1-2,5-7,9-11H2. The highest BCUT2D eigenvalue weighted by Gasteiger charge is 2.32. The average molecular weight is 334 g/mol. The second-order valence-electron chi connectivity index (χ2n) is 6.29. The van der Waals surface area contributed by atoms with Gasteiger partial charge in [0.05, 0.1) is 6.04 Å². The number of nitrogens with one attached hydrogen (secondary N) is 1. The predicted molar refractivity (Wildman–Crippen MR) is 90.0 cm³/mol. The third-order valence-corrected chi connectivity index (χ3v) is 5.90. The molecule has 6 heteroatoms. The van der Waals surface area contributed by atoms with Crippen LogP contribution >= 0.6 is 11.8 Å². The van der Waals surface area contributed by atoms with Gasteiger partial charge in [-0.1, -0.05) is 6.07 Å². The van der Waals surface area contributed by atoms with E-state index in [2.05, 4.69) is 16.3 Å². The van der Waals surface area contributed by atoms with E-state index in [1.807, 2.05) is 23.9 Å². The largest absolute Gasteiger partial charge is 0.454 e. The molecule has 5 nitrogen and oxygen atoms in total. The summed E-state index contributed by atoms with van der Waals surface area (Å²) < 4.78 is 10.9. The van der Waals surface area contributed by atoms with Crippen LogP contribution in [0.2, 0.25) is 0 Å². The minimum absolute atomic E-state index is 0.174. The maximum absolute atomic E-state index is 12.8. The number of likely N-dealkylation sites (tertiary alicyclic amines) is 1. The van der Waals surface area contributed by atoms with Crippen molar-refractivity contribution in [1.29, 1.82) is 0 Å². The first-order valence-electron chi connectivity index (χ1n) is 8.31. The maximum Gasteiger partial charge on any atom is 0.231 e. The molecule has 23 heavy (non-hydrogen) atoms. The van der Waals surface area contributed by atoms with E-state index in [9.17, 15) is 4.79 Å². The van der Waals surface area contributed by atoms with Gasteiger partial charge in [0, 0.05) is 37.1 Å². The van der Waals surface area contributed by atoms with Crippen molar-refractivity contribution in [3.05, 3.63) is 23.8 Å². The summed E-state index contributed by atoms with van der Waals surface area (Å²) in [6.07, 6.45) is 2.70. The van der Waals surface area contributed by atoms with Crippen LogP contribution in [-0.4, -0.2) is 48.2 Å². The van der Waals surface area contributed by atoms with Gasteiger partial charge in [-0.25, -0.2) is 0 Å². The minimum Gasteiger partial charge on any atom is -0.454 e. The average Bonchev–Trinajstić information content (AvgIpc) is 3.24. The van der Waals surface area contributed by atoms with Gasteiger partial charge in [-0.2, -0.15) is 11.8 Å². The van der Waals surface area contributed by atoms with E-state index in [1.165, 1.54) is 0 Å². The van der Waals surface area contributed by atoms with E-state index in [4.69, 9.17) is 9.47 Å². The molecule has 1 aromatic carbocycles. The second-order valence-corrected chi connectivity index (χ2v) is 7.44. The van der Waals surface area contributed by atoms with Gasteiger partial charge in [0.1, 0.15) is 0 Å². The molecule has 2 atom stereocenters. The molecule has 0 spiro atoms. The number of rotatable bonds is 3. The zero-order valence-electron chi connectivity index (χ0n) is 13.1. The Hall–Kier alpha value is -1.40. The van der Waals surface area contributed by atoms with E-state index in [0.29, 0.717) is 12.5 Å². The molecule has 1 N–H and O–H groups in total. The summed E-state index contributed by atoms with van der Waals surface area (Å²) in [5, 5.41) is 3.46. The van der Waals surface area contributed by atoms with E-state index in [0.717, 1.165) is 54.5 Å². The van der Waals surface area contributed by atoms with Crippen LogP contribution in [0.5, 0.6) is 11.5 Å². The number of hydrogen-bond donors (Lipinski definition) is 1. The Morgan fingerprint density at radius 3 is 3.13 bits per heavy atom. The molecule has 0 aromatic heterocycles. The molecular weight excluding hydrogens is 312 g/mol. The molecule has 124 valence electrons. The van der Waals surface area contributed by atoms with Gasteiger partial charge >= 0.3 is 0 Å². The van der Waals surface area contributed by atoms with Crippen LogP contribution in [0.3, 0.4) is 0 Å². The number of thioether (sulfide) groups is 1. The van der Waals surface area contributed by atoms with Crippen LogP contribution in [0, 0.1) is 0 Å². The molecule has 4 rings (SSSR count). The van der Waals surface area contributed by atoms with Crippen molar-refractivity contribution in [2.24, 2.45) is 0 Å². The first-order valence-corrected chi connectivity index (χ1v) is 9.47. The molecule has 0 aliphatic carbocycles. The molecule has 0 radical (unpaired) electrons. The molecule has 3 heterocycles. The first-order chi connectivity index (χ1) is 11.3.